The third kappa shape index (κ3) is 4.33. The Morgan fingerprint density at radius 2 is 2.09 bits per heavy atom. The van der Waals surface area contributed by atoms with Gasteiger partial charge in [-0.1, -0.05) is 18.2 Å². The number of carbonyl (C=O) groups is 2. The lowest BCUT2D eigenvalue weighted by Gasteiger charge is -2.05. The van der Waals surface area contributed by atoms with Gasteiger partial charge in [0.1, 0.15) is 6.61 Å². The number of hydrogen-bond acceptors (Lipinski definition) is 3. The van der Waals surface area contributed by atoms with Gasteiger partial charge in [0.15, 0.2) is 0 Å². The van der Waals surface area contributed by atoms with Crippen LogP contribution in [0.2, 0.25) is 0 Å². The minimum absolute atomic E-state index is 0.0631. The molecule has 2 rings (SSSR count). The van der Waals surface area contributed by atoms with Crippen LogP contribution in [0.1, 0.15) is 12.0 Å². The molecule has 2 N–H and O–H groups in total. The van der Waals surface area contributed by atoms with Gasteiger partial charge < -0.3 is 19.7 Å². The lowest BCUT2D eigenvalue weighted by atomic mass is 10.1. The van der Waals surface area contributed by atoms with E-state index < -0.39 is 5.97 Å². The average Bonchev–Trinajstić information content (AvgIpc) is 2.81. The first-order chi connectivity index (χ1) is 10.6. The van der Waals surface area contributed by atoms with Crippen LogP contribution in [-0.4, -0.2) is 41.3 Å². The average molecular weight is 304 g/mol. The molecule has 1 aromatic heterocycles. The highest BCUT2D eigenvalue weighted by atomic mass is 16.5. The van der Waals surface area contributed by atoms with Gasteiger partial charge in [-0.3, -0.25) is 4.79 Å². The summed E-state index contributed by atoms with van der Waals surface area (Å²) in [4.78, 5) is 22.0. The molecule has 1 heterocycles. The summed E-state index contributed by atoms with van der Waals surface area (Å²) in [5.74, 6) is -1.07. The van der Waals surface area contributed by atoms with Gasteiger partial charge in [-0.25, -0.2) is 4.79 Å². The molecule has 1 aromatic carbocycles. The molecule has 22 heavy (non-hydrogen) atoms. The fourth-order valence-corrected chi connectivity index (χ4v) is 2.38. The van der Waals surface area contributed by atoms with Crippen molar-refractivity contribution in [3.05, 3.63) is 36.0 Å². The van der Waals surface area contributed by atoms with Gasteiger partial charge in [0, 0.05) is 37.1 Å². The molecule has 0 fully saturated rings. The third-order valence-electron chi connectivity index (χ3n) is 3.39. The number of rotatable bonds is 8. The maximum Gasteiger partial charge on any atom is 0.329 e. The van der Waals surface area contributed by atoms with Crippen molar-refractivity contribution in [1.29, 1.82) is 0 Å². The number of ether oxygens (including phenoxy) is 1. The normalized spacial score (nSPS) is 10.8. The van der Waals surface area contributed by atoms with E-state index in [1.165, 1.54) is 5.39 Å². The Hall–Kier alpha value is -2.34. The Labute approximate surface area is 128 Å². The molecule has 1 amide bonds. The Morgan fingerprint density at radius 3 is 2.86 bits per heavy atom. The van der Waals surface area contributed by atoms with Crippen LogP contribution < -0.4 is 5.32 Å². The van der Waals surface area contributed by atoms with Crippen molar-refractivity contribution in [3.63, 3.8) is 0 Å². The third-order valence-corrected chi connectivity index (χ3v) is 3.39. The van der Waals surface area contributed by atoms with Crippen LogP contribution in [0.3, 0.4) is 0 Å². The molecule has 0 radical (unpaired) electrons. The van der Waals surface area contributed by atoms with Gasteiger partial charge in [0.2, 0.25) is 5.91 Å². The van der Waals surface area contributed by atoms with Gasteiger partial charge >= 0.3 is 5.97 Å². The number of carboxylic acid groups (broad SMARTS) is 1. The van der Waals surface area contributed by atoms with Crippen molar-refractivity contribution in [2.75, 3.05) is 19.8 Å². The summed E-state index contributed by atoms with van der Waals surface area (Å²) in [6.45, 7) is 0.180. The number of aryl methyl sites for hydroxylation is 2. The van der Waals surface area contributed by atoms with Crippen molar-refractivity contribution >= 4 is 22.8 Å². The number of hydrogen-bond donors (Lipinski definition) is 2. The molecule has 2 aromatic rings. The second-order valence-corrected chi connectivity index (χ2v) is 5.08. The molecule has 0 bridgehead atoms. The van der Waals surface area contributed by atoms with Crippen molar-refractivity contribution in [3.8, 4) is 0 Å². The van der Waals surface area contributed by atoms with Crippen molar-refractivity contribution in [2.24, 2.45) is 7.05 Å². The summed E-state index contributed by atoms with van der Waals surface area (Å²) < 4.78 is 6.91. The van der Waals surface area contributed by atoms with Crippen LogP contribution in [0.5, 0.6) is 0 Å². The van der Waals surface area contributed by atoms with Crippen LogP contribution in [0, 0.1) is 0 Å². The minimum Gasteiger partial charge on any atom is -0.480 e. The maximum atomic E-state index is 11.8. The van der Waals surface area contributed by atoms with Crippen molar-refractivity contribution < 1.29 is 19.4 Å². The zero-order chi connectivity index (χ0) is 15.9. The van der Waals surface area contributed by atoms with Gasteiger partial charge in [-0.05, 0) is 18.1 Å². The van der Waals surface area contributed by atoms with Crippen LogP contribution in [0.4, 0.5) is 0 Å². The first kappa shape index (κ1) is 16.0. The van der Waals surface area contributed by atoms with Gasteiger partial charge in [-0.15, -0.1) is 0 Å². The SMILES string of the molecule is Cn1cc(CCC(=O)NCCOCC(=O)O)c2ccccc21. The molecule has 0 spiro atoms. The number of nitrogens with one attached hydrogen (secondary N) is 1. The summed E-state index contributed by atoms with van der Waals surface area (Å²) in [5.41, 5.74) is 2.30. The number of aliphatic carboxylic acids is 1. The highest BCUT2D eigenvalue weighted by Gasteiger charge is 2.08. The van der Waals surface area contributed by atoms with Gasteiger partial charge in [0.25, 0.3) is 0 Å². The quantitative estimate of drug-likeness (QED) is 0.721. The molecule has 0 atom stereocenters. The number of benzene rings is 1. The minimum atomic E-state index is -1.01. The van der Waals surface area contributed by atoms with Crippen LogP contribution in [-0.2, 0) is 27.8 Å². The molecule has 0 unspecified atom stereocenters. The Balaban J connectivity index is 1.77. The molecule has 6 nitrogen and oxygen atoms in total. The molecular formula is C16H20N2O4. The number of nitrogens with zero attached hydrogens (tertiary/aromatic N) is 1. The van der Waals surface area contributed by atoms with E-state index in [-0.39, 0.29) is 19.1 Å². The van der Waals surface area contributed by atoms with E-state index in [4.69, 9.17) is 9.84 Å². The Kier molecular flexibility index (Phi) is 5.55. The Morgan fingerprint density at radius 1 is 1.32 bits per heavy atom. The van der Waals surface area contributed by atoms with Crippen LogP contribution in [0.15, 0.2) is 30.5 Å². The fraction of sp³-hybridized carbons (Fsp3) is 0.375. The number of carboxylic acids is 1. The predicted octanol–water partition coefficient (Wildman–Crippen LogP) is 1.33. The summed E-state index contributed by atoms with van der Waals surface area (Å²) in [5, 5.41) is 12.3. The molecular weight excluding hydrogens is 284 g/mol. The first-order valence-electron chi connectivity index (χ1n) is 7.17. The molecule has 6 heteroatoms. The van der Waals surface area contributed by atoms with E-state index in [2.05, 4.69) is 22.0 Å². The van der Waals surface area contributed by atoms with Gasteiger partial charge in [0.05, 0.1) is 6.61 Å². The summed E-state index contributed by atoms with van der Waals surface area (Å²) >= 11 is 0. The van der Waals surface area contributed by atoms with E-state index in [1.54, 1.807) is 0 Å². The van der Waals surface area contributed by atoms with E-state index in [0.29, 0.717) is 19.4 Å². The van der Waals surface area contributed by atoms with E-state index in [9.17, 15) is 9.59 Å². The van der Waals surface area contributed by atoms with E-state index in [1.807, 2.05) is 25.4 Å². The van der Waals surface area contributed by atoms with Crippen LogP contribution >= 0.6 is 0 Å². The first-order valence-corrected chi connectivity index (χ1v) is 7.17. The van der Waals surface area contributed by atoms with Gasteiger partial charge in [-0.2, -0.15) is 0 Å². The smallest absolute Gasteiger partial charge is 0.329 e. The lowest BCUT2D eigenvalue weighted by Crippen LogP contribution is -2.28. The van der Waals surface area contributed by atoms with Crippen molar-refractivity contribution in [2.45, 2.75) is 12.8 Å². The summed E-state index contributed by atoms with van der Waals surface area (Å²) in [6.07, 6.45) is 3.12. The number of carbonyl (C=O) groups excluding carboxylic acids is 1. The number of para-hydroxylation sites is 1. The highest BCUT2D eigenvalue weighted by molar-refractivity contribution is 5.84. The fourth-order valence-electron chi connectivity index (χ4n) is 2.38. The topological polar surface area (TPSA) is 80.6 Å². The maximum absolute atomic E-state index is 11.8. The number of fused-ring (bicyclic) bond motifs is 1. The predicted molar refractivity (Wildman–Crippen MR) is 82.7 cm³/mol. The molecule has 0 aliphatic heterocycles. The second-order valence-electron chi connectivity index (χ2n) is 5.08. The standard InChI is InChI=1S/C16H20N2O4/c1-18-10-12(13-4-2-3-5-14(13)18)6-7-15(19)17-8-9-22-11-16(20)21/h2-5,10H,6-9,11H2,1H3,(H,17,19)(H,20,21). The zero-order valence-corrected chi connectivity index (χ0v) is 12.5. The second kappa shape index (κ2) is 7.61. The number of amides is 1. The molecule has 118 valence electrons. The number of aromatic nitrogens is 1. The summed E-state index contributed by atoms with van der Waals surface area (Å²) in [7, 11) is 1.99. The Bertz CT molecular complexity index is 663. The zero-order valence-electron chi connectivity index (χ0n) is 12.5. The molecule has 0 saturated carbocycles. The lowest BCUT2D eigenvalue weighted by molar-refractivity contribution is -0.142. The molecule has 0 saturated heterocycles. The largest absolute Gasteiger partial charge is 0.480 e. The molecule has 0 aliphatic carbocycles. The summed E-state index contributed by atoms with van der Waals surface area (Å²) in [6, 6.07) is 8.10. The van der Waals surface area contributed by atoms with E-state index in [0.717, 1.165) is 11.1 Å². The monoisotopic (exact) mass is 304 g/mol. The highest BCUT2D eigenvalue weighted by Crippen LogP contribution is 2.21. The molecule has 0 aliphatic rings. The van der Waals surface area contributed by atoms with E-state index >= 15 is 0 Å². The van der Waals surface area contributed by atoms with Crippen LogP contribution in [0.25, 0.3) is 10.9 Å². The van der Waals surface area contributed by atoms with Crippen molar-refractivity contribution in [1.82, 2.24) is 9.88 Å².